The fourth-order valence-corrected chi connectivity index (χ4v) is 3.85. The van der Waals surface area contributed by atoms with E-state index in [0.717, 1.165) is 12.8 Å². The third-order valence-electron chi connectivity index (χ3n) is 5.13. The molecule has 0 bridgehead atoms. The second-order valence-corrected chi connectivity index (χ2v) is 6.52. The summed E-state index contributed by atoms with van der Waals surface area (Å²) in [6.07, 6.45) is 2.18. The second-order valence-electron chi connectivity index (χ2n) is 6.52. The van der Waals surface area contributed by atoms with Crippen LogP contribution in [0, 0.1) is 17.8 Å². The summed E-state index contributed by atoms with van der Waals surface area (Å²) in [6.45, 7) is 2.23. The van der Waals surface area contributed by atoms with E-state index in [1.54, 1.807) is 0 Å². The van der Waals surface area contributed by atoms with E-state index < -0.39 is 12.1 Å². The SMILES string of the molecule is CC1CCCC(C2(N)CCC(C(F)(F)F)CC2)C1. The molecule has 0 aromatic heterocycles. The van der Waals surface area contributed by atoms with Gasteiger partial charge in [0.05, 0.1) is 5.92 Å². The van der Waals surface area contributed by atoms with Crippen molar-refractivity contribution in [1.29, 1.82) is 0 Å². The standard InChI is InChI=1S/C14H24F3N/c1-10-3-2-4-12(9-10)13(18)7-5-11(6-8-13)14(15,16)17/h10-12H,2-9,18H2,1H3. The summed E-state index contributed by atoms with van der Waals surface area (Å²) in [4.78, 5) is 0. The smallest absolute Gasteiger partial charge is 0.325 e. The molecule has 2 rings (SSSR count). The van der Waals surface area contributed by atoms with Crippen LogP contribution in [0.25, 0.3) is 0 Å². The maximum Gasteiger partial charge on any atom is 0.391 e. The Balaban J connectivity index is 1.94. The van der Waals surface area contributed by atoms with Crippen molar-refractivity contribution in [2.75, 3.05) is 0 Å². The van der Waals surface area contributed by atoms with E-state index in [0.29, 0.717) is 24.7 Å². The van der Waals surface area contributed by atoms with Gasteiger partial charge >= 0.3 is 6.18 Å². The molecule has 4 heteroatoms. The zero-order valence-electron chi connectivity index (χ0n) is 11.1. The third kappa shape index (κ3) is 3.01. The van der Waals surface area contributed by atoms with Crippen LogP contribution >= 0.6 is 0 Å². The predicted octanol–water partition coefficient (Wildman–Crippen LogP) is 4.26. The normalized spacial score (nSPS) is 42.8. The Bertz CT molecular complexity index is 279. The monoisotopic (exact) mass is 263 g/mol. The molecule has 0 spiro atoms. The van der Waals surface area contributed by atoms with Crippen LogP contribution in [-0.2, 0) is 0 Å². The average Bonchev–Trinajstić information content (AvgIpc) is 2.28. The molecule has 1 nitrogen and oxygen atoms in total. The minimum absolute atomic E-state index is 0.227. The van der Waals surface area contributed by atoms with Crippen LogP contribution in [0.5, 0.6) is 0 Å². The molecule has 0 radical (unpaired) electrons. The lowest BCUT2D eigenvalue weighted by Crippen LogP contribution is -2.52. The molecule has 2 atom stereocenters. The molecule has 0 saturated heterocycles. The Morgan fingerprint density at radius 1 is 1.06 bits per heavy atom. The van der Waals surface area contributed by atoms with Crippen LogP contribution in [0.3, 0.4) is 0 Å². The summed E-state index contributed by atoms with van der Waals surface area (Å²) < 4.78 is 38.0. The van der Waals surface area contributed by atoms with Gasteiger partial charge in [-0.2, -0.15) is 13.2 Å². The first kappa shape index (κ1) is 14.2. The van der Waals surface area contributed by atoms with Crippen molar-refractivity contribution in [2.24, 2.45) is 23.5 Å². The molecule has 106 valence electrons. The van der Waals surface area contributed by atoms with E-state index in [2.05, 4.69) is 6.92 Å². The van der Waals surface area contributed by atoms with E-state index in [4.69, 9.17) is 5.73 Å². The van der Waals surface area contributed by atoms with E-state index in [-0.39, 0.29) is 18.4 Å². The minimum atomic E-state index is -4.03. The summed E-state index contributed by atoms with van der Waals surface area (Å²) in [5.41, 5.74) is 6.11. The van der Waals surface area contributed by atoms with Gasteiger partial charge in [0.1, 0.15) is 0 Å². The number of rotatable bonds is 1. The second kappa shape index (κ2) is 5.03. The van der Waals surface area contributed by atoms with Crippen molar-refractivity contribution in [2.45, 2.75) is 70.0 Å². The van der Waals surface area contributed by atoms with Gasteiger partial charge in [-0.1, -0.05) is 19.8 Å². The first-order valence-electron chi connectivity index (χ1n) is 7.17. The quantitative estimate of drug-likeness (QED) is 0.751. The van der Waals surface area contributed by atoms with E-state index in [9.17, 15) is 13.2 Å². The first-order chi connectivity index (χ1) is 8.31. The Hall–Kier alpha value is -0.250. The third-order valence-corrected chi connectivity index (χ3v) is 5.13. The van der Waals surface area contributed by atoms with E-state index in [1.165, 1.54) is 12.8 Å². The highest BCUT2D eigenvalue weighted by Gasteiger charge is 2.47. The number of hydrogen-bond acceptors (Lipinski definition) is 1. The van der Waals surface area contributed by atoms with Gasteiger partial charge in [0.2, 0.25) is 0 Å². The van der Waals surface area contributed by atoms with Gasteiger partial charge in [-0.3, -0.25) is 0 Å². The largest absolute Gasteiger partial charge is 0.391 e. The highest BCUT2D eigenvalue weighted by molar-refractivity contribution is 4.97. The van der Waals surface area contributed by atoms with Gasteiger partial charge in [-0.15, -0.1) is 0 Å². The van der Waals surface area contributed by atoms with Crippen molar-refractivity contribution in [1.82, 2.24) is 0 Å². The van der Waals surface area contributed by atoms with Crippen LogP contribution in [0.4, 0.5) is 13.2 Å². The molecule has 2 aliphatic carbocycles. The number of nitrogens with two attached hydrogens (primary N) is 1. The lowest BCUT2D eigenvalue weighted by molar-refractivity contribution is -0.186. The van der Waals surface area contributed by atoms with Gasteiger partial charge in [0.15, 0.2) is 0 Å². The molecule has 0 heterocycles. The highest BCUT2D eigenvalue weighted by atomic mass is 19.4. The Morgan fingerprint density at radius 3 is 2.17 bits per heavy atom. The van der Waals surface area contributed by atoms with Gasteiger partial charge < -0.3 is 5.73 Å². The molecule has 18 heavy (non-hydrogen) atoms. The van der Waals surface area contributed by atoms with E-state index >= 15 is 0 Å². The highest BCUT2D eigenvalue weighted by Crippen LogP contribution is 2.46. The Labute approximate surface area is 107 Å². The molecule has 2 N–H and O–H groups in total. The predicted molar refractivity (Wildman–Crippen MR) is 66.1 cm³/mol. The molecule has 0 aromatic carbocycles. The lowest BCUT2D eigenvalue weighted by Gasteiger charge is -2.45. The fraction of sp³-hybridized carbons (Fsp3) is 1.00. The van der Waals surface area contributed by atoms with Crippen molar-refractivity contribution in [3.63, 3.8) is 0 Å². The summed E-state index contributed by atoms with van der Waals surface area (Å²) in [5.74, 6) is 0.00939. The van der Waals surface area contributed by atoms with Crippen molar-refractivity contribution in [3.8, 4) is 0 Å². The van der Waals surface area contributed by atoms with Crippen LogP contribution in [0.2, 0.25) is 0 Å². The van der Waals surface area contributed by atoms with Crippen LogP contribution in [0.15, 0.2) is 0 Å². The average molecular weight is 263 g/mol. The summed E-state index contributed by atoms with van der Waals surface area (Å²) in [5, 5.41) is 0. The fourth-order valence-electron chi connectivity index (χ4n) is 3.85. The molecule has 0 amide bonds. The van der Waals surface area contributed by atoms with Crippen LogP contribution in [-0.4, -0.2) is 11.7 Å². The van der Waals surface area contributed by atoms with Gasteiger partial charge in [0.25, 0.3) is 0 Å². The number of halogens is 3. The van der Waals surface area contributed by atoms with Crippen molar-refractivity contribution in [3.05, 3.63) is 0 Å². The molecular weight excluding hydrogens is 239 g/mol. The zero-order valence-corrected chi connectivity index (χ0v) is 11.1. The van der Waals surface area contributed by atoms with Crippen LogP contribution in [0.1, 0.15) is 58.3 Å². The first-order valence-corrected chi connectivity index (χ1v) is 7.17. The summed E-state index contributed by atoms with van der Waals surface area (Å²) in [7, 11) is 0. The molecule has 2 unspecified atom stereocenters. The molecular formula is C14H24F3N. The number of alkyl halides is 3. The Kier molecular flexibility index (Phi) is 3.96. The molecule has 2 fully saturated rings. The van der Waals surface area contributed by atoms with Gasteiger partial charge in [-0.25, -0.2) is 0 Å². The summed E-state index contributed by atoms with van der Waals surface area (Å²) >= 11 is 0. The maximum absolute atomic E-state index is 12.7. The van der Waals surface area contributed by atoms with Gasteiger partial charge in [-0.05, 0) is 50.4 Å². The maximum atomic E-state index is 12.7. The van der Waals surface area contributed by atoms with E-state index in [1.807, 2.05) is 0 Å². The van der Waals surface area contributed by atoms with Crippen LogP contribution < -0.4 is 5.73 Å². The minimum Gasteiger partial charge on any atom is -0.325 e. The lowest BCUT2D eigenvalue weighted by atomic mass is 9.64. The molecule has 2 saturated carbocycles. The van der Waals surface area contributed by atoms with Gasteiger partial charge in [0, 0.05) is 5.54 Å². The molecule has 2 aliphatic rings. The summed E-state index contributed by atoms with van der Waals surface area (Å²) in [6, 6.07) is 0. The Morgan fingerprint density at radius 2 is 1.67 bits per heavy atom. The number of hydrogen-bond donors (Lipinski definition) is 1. The molecule has 0 aromatic rings. The molecule has 0 aliphatic heterocycles. The zero-order chi connectivity index (χ0) is 13.4. The van der Waals surface area contributed by atoms with Crippen molar-refractivity contribution < 1.29 is 13.2 Å². The van der Waals surface area contributed by atoms with Crippen molar-refractivity contribution >= 4 is 0 Å². The topological polar surface area (TPSA) is 26.0 Å².